The lowest BCUT2D eigenvalue weighted by molar-refractivity contribution is 0.187. The fourth-order valence-corrected chi connectivity index (χ4v) is 4.09. The van der Waals surface area contributed by atoms with Crippen LogP contribution in [0.15, 0.2) is 42.9 Å². The molecule has 4 heterocycles. The Balaban J connectivity index is 1.61. The van der Waals surface area contributed by atoms with Gasteiger partial charge in [-0.2, -0.15) is 5.10 Å². The number of ether oxygens (including phenoxy) is 2. The molecule has 1 aromatic carbocycles. The topological polar surface area (TPSA) is 78.2 Å². The Kier molecular flexibility index (Phi) is 5.63. The van der Waals surface area contributed by atoms with E-state index < -0.39 is 5.82 Å². The van der Waals surface area contributed by atoms with Gasteiger partial charge in [0.25, 0.3) is 0 Å². The minimum Gasteiger partial charge on any atom is -0.494 e. The number of benzene rings is 1. The average molecular weight is 449 g/mol. The van der Waals surface area contributed by atoms with Crippen molar-refractivity contribution in [1.82, 2.24) is 24.7 Å². The van der Waals surface area contributed by atoms with Gasteiger partial charge in [0, 0.05) is 37.9 Å². The summed E-state index contributed by atoms with van der Waals surface area (Å²) in [5.74, 6) is 0.649. The summed E-state index contributed by atoms with van der Waals surface area (Å²) < 4.78 is 28.0. The SMILES string of the molecule is COc1cc(C)cc(N(CC2CCOC2)c2ccc3ncc(-c4cnn(C)c4)nc3n2)c1F. The maximum absolute atomic E-state index is 15.4. The maximum atomic E-state index is 15.4. The largest absolute Gasteiger partial charge is 0.494 e. The monoisotopic (exact) mass is 448 g/mol. The van der Waals surface area contributed by atoms with Gasteiger partial charge in [0.1, 0.15) is 11.3 Å². The minimum absolute atomic E-state index is 0.206. The van der Waals surface area contributed by atoms with Gasteiger partial charge < -0.3 is 14.4 Å². The van der Waals surface area contributed by atoms with E-state index in [0.29, 0.717) is 48.1 Å². The average Bonchev–Trinajstić information content (AvgIpc) is 3.50. The zero-order valence-corrected chi connectivity index (χ0v) is 18.8. The number of hydrogen-bond acceptors (Lipinski definition) is 7. The van der Waals surface area contributed by atoms with Gasteiger partial charge >= 0.3 is 0 Å². The Morgan fingerprint density at radius 2 is 2.12 bits per heavy atom. The molecule has 1 saturated heterocycles. The number of aryl methyl sites for hydroxylation is 2. The molecule has 0 bridgehead atoms. The summed E-state index contributed by atoms with van der Waals surface area (Å²) in [6, 6.07) is 7.22. The van der Waals surface area contributed by atoms with Crippen molar-refractivity contribution in [3.05, 3.63) is 54.2 Å². The molecule has 1 fully saturated rings. The smallest absolute Gasteiger partial charge is 0.188 e. The normalized spacial score (nSPS) is 15.8. The number of aromatic nitrogens is 5. The van der Waals surface area contributed by atoms with Crippen molar-refractivity contribution in [1.29, 1.82) is 0 Å². The van der Waals surface area contributed by atoms with Gasteiger partial charge in [-0.05, 0) is 43.2 Å². The van der Waals surface area contributed by atoms with Gasteiger partial charge in [-0.15, -0.1) is 0 Å². The first-order valence-corrected chi connectivity index (χ1v) is 10.8. The number of pyridine rings is 1. The van der Waals surface area contributed by atoms with Gasteiger partial charge in [-0.25, -0.2) is 14.4 Å². The predicted molar refractivity (Wildman–Crippen MR) is 123 cm³/mol. The molecule has 3 aromatic heterocycles. The molecule has 9 heteroatoms. The van der Waals surface area contributed by atoms with Gasteiger partial charge in [0.15, 0.2) is 17.2 Å². The standard InChI is InChI=1S/C24H25FN6O2/c1-15-8-20(23(25)21(9-15)32-3)31(12-16-6-7-33-14-16)22-5-4-18-24(29-22)28-19(11-26-18)17-10-27-30(2)13-17/h4-5,8-11,13,16H,6-7,12,14H2,1-3H3. The van der Waals surface area contributed by atoms with Crippen molar-refractivity contribution >= 4 is 22.7 Å². The van der Waals surface area contributed by atoms with E-state index in [2.05, 4.69) is 10.1 Å². The van der Waals surface area contributed by atoms with Gasteiger partial charge in [0.05, 0.1) is 37.5 Å². The second-order valence-corrected chi connectivity index (χ2v) is 8.31. The number of nitrogens with zero attached hydrogens (tertiary/aromatic N) is 6. The van der Waals surface area contributed by atoms with Crippen LogP contribution in [0, 0.1) is 18.7 Å². The molecule has 33 heavy (non-hydrogen) atoms. The second-order valence-electron chi connectivity index (χ2n) is 8.31. The molecule has 1 atom stereocenters. The lowest BCUT2D eigenvalue weighted by Gasteiger charge is -2.27. The van der Waals surface area contributed by atoms with Crippen LogP contribution in [0.25, 0.3) is 22.4 Å². The Morgan fingerprint density at radius 1 is 1.24 bits per heavy atom. The molecule has 1 aliphatic heterocycles. The third-order valence-electron chi connectivity index (χ3n) is 5.81. The predicted octanol–water partition coefficient (Wildman–Crippen LogP) is 4.06. The minimum atomic E-state index is -0.417. The molecule has 0 saturated carbocycles. The summed E-state index contributed by atoms with van der Waals surface area (Å²) in [5, 5.41) is 4.21. The highest BCUT2D eigenvalue weighted by Gasteiger charge is 2.25. The highest BCUT2D eigenvalue weighted by molar-refractivity contribution is 5.77. The number of hydrogen-bond donors (Lipinski definition) is 0. The zero-order valence-electron chi connectivity index (χ0n) is 18.8. The number of rotatable bonds is 6. The summed E-state index contributed by atoms with van der Waals surface area (Å²) >= 11 is 0. The number of methoxy groups -OCH3 is 1. The van der Waals surface area contributed by atoms with Crippen molar-refractivity contribution in [3.8, 4) is 17.0 Å². The van der Waals surface area contributed by atoms with E-state index in [9.17, 15) is 0 Å². The van der Waals surface area contributed by atoms with Gasteiger partial charge in [0.2, 0.25) is 0 Å². The zero-order chi connectivity index (χ0) is 22.9. The molecule has 1 unspecified atom stereocenters. The first kappa shape index (κ1) is 21.3. The van der Waals surface area contributed by atoms with E-state index >= 15 is 4.39 Å². The maximum Gasteiger partial charge on any atom is 0.188 e. The molecule has 0 aliphatic carbocycles. The van der Waals surface area contributed by atoms with Crippen LogP contribution in [0.4, 0.5) is 15.9 Å². The van der Waals surface area contributed by atoms with Crippen molar-refractivity contribution in [2.45, 2.75) is 13.3 Å². The van der Waals surface area contributed by atoms with Crippen LogP contribution in [0.5, 0.6) is 5.75 Å². The Morgan fingerprint density at radius 3 is 2.85 bits per heavy atom. The molecule has 5 rings (SSSR count). The fourth-order valence-electron chi connectivity index (χ4n) is 4.09. The van der Waals surface area contributed by atoms with Gasteiger partial charge in [-0.3, -0.25) is 9.67 Å². The summed E-state index contributed by atoms with van der Waals surface area (Å²) in [5.41, 5.74) is 4.00. The fraction of sp³-hybridized carbons (Fsp3) is 0.333. The third-order valence-corrected chi connectivity index (χ3v) is 5.81. The highest BCUT2D eigenvalue weighted by Crippen LogP contribution is 2.35. The summed E-state index contributed by atoms with van der Waals surface area (Å²) in [6.07, 6.45) is 6.24. The van der Waals surface area contributed by atoms with Crippen LogP contribution in [-0.2, 0) is 11.8 Å². The summed E-state index contributed by atoms with van der Waals surface area (Å²) in [7, 11) is 3.32. The van der Waals surface area contributed by atoms with Crippen LogP contribution in [0.3, 0.4) is 0 Å². The van der Waals surface area contributed by atoms with E-state index in [4.69, 9.17) is 19.4 Å². The molecule has 8 nitrogen and oxygen atoms in total. The van der Waals surface area contributed by atoms with E-state index in [1.807, 2.05) is 43.3 Å². The van der Waals surface area contributed by atoms with E-state index in [-0.39, 0.29) is 11.7 Å². The van der Waals surface area contributed by atoms with Crippen molar-refractivity contribution in [2.75, 3.05) is 31.8 Å². The quantitative estimate of drug-likeness (QED) is 0.440. The molecular weight excluding hydrogens is 423 g/mol. The summed E-state index contributed by atoms with van der Waals surface area (Å²) in [6.45, 7) is 3.84. The number of halogens is 1. The lowest BCUT2D eigenvalue weighted by Crippen LogP contribution is -2.27. The van der Waals surface area contributed by atoms with Crippen molar-refractivity contribution in [2.24, 2.45) is 13.0 Å². The number of anilines is 2. The van der Waals surface area contributed by atoms with Crippen LogP contribution in [0.2, 0.25) is 0 Å². The Labute approximate surface area is 191 Å². The molecule has 0 radical (unpaired) electrons. The molecular formula is C24H25FN6O2. The Hall–Kier alpha value is -3.59. The van der Waals surface area contributed by atoms with Gasteiger partial charge in [-0.1, -0.05) is 0 Å². The van der Waals surface area contributed by atoms with Crippen LogP contribution in [0.1, 0.15) is 12.0 Å². The molecule has 170 valence electrons. The number of fused-ring (bicyclic) bond motifs is 1. The van der Waals surface area contributed by atoms with E-state index in [1.54, 1.807) is 23.1 Å². The van der Waals surface area contributed by atoms with Crippen LogP contribution in [-0.4, -0.2) is 51.6 Å². The molecule has 1 aliphatic rings. The first-order chi connectivity index (χ1) is 16.0. The molecule has 0 amide bonds. The first-order valence-electron chi connectivity index (χ1n) is 10.8. The second kappa shape index (κ2) is 8.74. The van der Waals surface area contributed by atoms with Crippen LogP contribution < -0.4 is 9.64 Å². The van der Waals surface area contributed by atoms with Crippen LogP contribution >= 0.6 is 0 Å². The van der Waals surface area contributed by atoms with Crippen molar-refractivity contribution < 1.29 is 13.9 Å². The highest BCUT2D eigenvalue weighted by atomic mass is 19.1. The summed E-state index contributed by atoms with van der Waals surface area (Å²) in [4.78, 5) is 15.9. The third kappa shape index (κ3) is 4.23. The van der Waals surface area contributed by atoms with E-state index in [1.165, 1.54) is 7.11 Å². The lowest BCUT2D eigenvalue weighted by atomic mass is 10.1. The Bertz CT molecular complexity index is 1300. The molecule has 4 aromatic rings. The van der Waals surface area contributed by atoms with Crippen molar-refractivity contribution in [3.63, 3.8) is 0 Å². The van der Waals surface area contributed by atoms with E-state index in [0.717, 1.165) is 17.5 Å². The molecule has 0 spiro atoms. The molecule has 0 N–H and O–H groups in total.